The van der Waals surface area contributed by atoms with Crippen molar-refractivity contribution in [1.29, 1.82) is 0 Å². The molecule has 1 aliphatic carbocycles. The van der Waals surface area contributed by atoms with Crippen molar-refractivity contribution in [2.75, 3.05) is 19.7 Å². The van der Waals surface area contributed by atoms with Gasteiger partial charge in [-0.1, -0.05) is 48.9 Å². The molecule has 1 aromatic rings. The van der Waals surface area contributed by atoms with Gasteiger partial charge in [0.1, 0.15) is 5.41 Å². The molecule has 0 radical (unpaired) electrons. The molecule has 3 nitrogen and oxygen atoms in total. The van der Waals surface area contributed by atoms with Crippen LogP contribution in [-0.2, 0) is 14.9 Å². The maximum atomic E-state index is 13.1. The van der Waals surface area contributed by atoms with E-state index >= 15 is 0 Å². The zero-order chi connectivity index (χ0) is 16.1. The molecule has 1 saturated heterocycles. The molecule has 2 aliphatic rings. The van der Waals surface area contributed by atoms with Crippen LogP contribution in [0.5, 0.6) is 0 Å². The van der Waals surface area contributed by atoms with Crippen LogP contribution in [-0.4, -0.2) is 36.6 Å². The number of benzene rings is 1. The standard InChI is InChI=1S/C20H27NO2/c1-2-23-19(22)20(17-11-5-3-6-12-17)14-8-7-13-18(20)21-15-9-4-10-16-21/h3,5-7,11-13,18H,2,4,8-10,14-16H2,1H3/t18-,20+/m1/s1. The molecule has 124 valence electrons. The molecule has 2 atom stereocenters. The average Bonchev–Trinajstić information content (AvgIpc) is 2.63. The molecule has 1 aromatic carbocycles. The zero-order valence-corrected chi connectivity index (χ0v) is 14.0. The van der Waals surface area contributed by atoms with Gasteiger partial charge in [-0.15, -0.1) is 0 Å². The number of carbonyl (C=O) groups is 1. The van der Waals surface area contributed by atoms with Gasteiger partial charge in [0.25, 0.3) is 0 Å². The van der Waals surface area contributed by atoms with E-state index in [2.05, 4.69) is 29.2 Å². The average molecular weight is 313 g/mol. The third kappa shape index (κ3) is 3.07. The topological polar surface area (TPSA) is 29.5 Å². The number of rotatable bonds is 4. The first-order chi connectivity index (χ1) is 11.3. The van der Waals surface area contributed by atoms with Crippen molar-refractivity contribution in [2.24, 2.45) is 0 Å². The molecule has 0 saturated carbocycles. The number of esters is 1. The molecular formula is C20H27NO2. The van der Waals surface area contributed by atoms with Gasteiger partial charge in [0.15, 0.2) is 0 Å². The molecule has 0 amide bonds. The predicted molar refractivity (Wildman–Crippen MR) is 92.3 cm³/mol. The van der Waals surface area contributed by atoms with E-state index in [1.807, 2.05) is 25.1 Å². The first-order valence-corrected chi connectivity index (χ1v) is 8.92. The lowest BCUT2D eigenvalue weighted by molar-refractivity contribution is -0.153. The molecule has 23 heavy (non-hydrogen) atoms. The van der Waals surface area contributed by atoms with Crippen molar-refractivity contribution in [3.05, 3.63) is 48.0 Å². The summed E-state index contributed by atoms with van der Waals surface area (Å²) in [6.07, 6.45) is 9.98. The van der Waals surface area contributed by atoms with Crippen molar-refractivity contribution >= 4 is 5.97 Å². The smallest absolute Gasteiger partial charge is 0.318 e. The minimum Gasteiger partial charge on any atom is -0.465 e. The van der Waals surface area contributed by atoms with Gasteiger partial charge in [-0.3, -0.25) is 9.69 Å². The largest absolute Gasteiger partial charge is 0.465 e. The van der Waals surface area contributed by atoms with E-state index < -0.39 is 5.41 Å². The van der Waals surface area contributed by atoms with Crippen LogP contribution in [0, 0.1) is 0 Å². The molecule has 1 fully saturated rings. The summed E-state index contributed by atoms with van der Waals surface area (Å²) in [6, 6.07) is 10.4. The highest BCUT2D eigenvalue weighted by Gasteiger charge is 2.50. The molecular weight excluding hydrogens is 286 g/mol. The molecule has 3 rings (SSSR count). The molecule has 0 bridgehead atoms. The highest BCUT2D eigenvalue weighted by Crippen LogP contribution is 2.41. The van der Waals surface area contributed by atoms with Crippen LogP contribution >= 0.6 is 0 Å². The maximum Gasteiger partial charge on any atom is 0.318 e. The Morgan fingerprint density at radius 3 is 2.65 bits per heavy atom. The molecule has 0 unspecified atom stereocenters. The highest BCUT2D eigenvalue weighted by molar-refractivity contribution is 5.85. The Kier molecular flexibility index (Phi) is 5.16. The fourth-order valence-electron chi connectivity index (χ4n) is 4.13. The second-order valence-electron chi connectivity index (χ2n) is 6.57. The third-order valence-electron chi connectivity index (χ3n) is 5.24. The lowest BCUT2D eigenvalue weighted by Crippen LogP contribution is -2.57. The van der Waals surface area contributed by atoms with Crippen LogP contribution < -0.4 is 0 Å². The Morgan fingerprint density at radius 1 is 1.22 bits per heavy atom. The van der Waals surface area contributed by atoms with E-state index in [0.717, 1.165) is 31.5 Å². The number of piperidine rings is 1. The van der Waals surface area contributed by atoms with Crippen molar-refractivity contribution in [2.45, 2.75) is 50.5 Å². The number of hydrogen-bond donors (Lipinski definition) is 0. The summed E-state index contributed by atoms with van der Waals surface area (Å²) >= 11 is 0. The van der Waals surface area contributed by atoms with E-state index in [-0.39, 0.29) is 12.0 Å². The van der Waals surface area contributed by atoms with E-state index in [9.17, 15) is 4.79 Å². The first kappa shape index (κ1) is 16.3. The molecule has 0 N–H and O–H groups in total. The number of hydrogen-bond acceptors (Lipinski definition) is 3. The van der Waals surface area contributed by atoms with Gasteiger partial charge in [0.05, 0.1) is 6.61 Å². The van der Waals surface area contributed by atoms with E-state index in [0.29, 0.717) is 6.61 Å². The molecule has 1 aliphatic heterocycles. The van der Waals surface area contributed by atoms with Gasteiger partial charge in [0.2, 0.25) is 0 Å². The summed E-state index contributed by atoms with van der Waals surface area (Å²) in [7, 11) is 0. The SMILES string of the molecule is CCOC(=O)[C@]1(c2ccccc2)CCC=C[C@H]1N1CCCCC1. The fraction of sp³-hybridized carbons (Fsp3) is 0.550. The minimum atomic E-state index is -0.566. The van der Waals surface area contributed by atoms with E-state index in [1.54, 1.807) is 0 Å². The molecule has 3 heteroatoms. The Bertz CT molecular complexity index is 548. The van der Waals surface area contributed by atoms with Crippen LogP contribution in [0.3, 0.4) is 0 Å². The van der Waals surface area contributed by atoms with Crippen LogP contribution in [0.1, 0.15) is 44.6 Å². The number of ether oxygens (including phenoxy) is 1. The lowest BCUT2D eigenvalue weighted by atomic mass is 9.67. The summed E-state index contributed by atoms with van der Waals surface area (Å²) in [6.45, 7) is 4.47. The van der Waals surface area contributed by atoms with Gasteiger partial charge >= 0.3 is 5.97 Å². The number of carbonyl (C=O) groups excluding carboxylic acids is 1. The van der Waals surface area contributed by atoms with Gasteiger partial charge in [-0.25, -0.2) is 0 Å². The quantitative estimate of drug-likeness (QED) is 0.627. The second kappa shape index (κ2) is 7.31. The van der Waals surface area contributed by atoms with Gasteiger partial charge in [0, 0.05) is 6.04 Å². The van der Waals surface area contributed by atoms with Gasteiger partial charge in [-0.05, 0) is 51.3 Å². The van der Waals surface area contributed by atoms with E-state index in [4.69, 9.17) is 4.74 Å². The van der Waals surface area contributed by atoms with Gasteiger partial charge < -0.3 is 4.74 Å². The lowest BCUT2D eigenvalue weighted by Gasteiger charge is -2.46. The minimum absolute atomic E-state index is 0.0638. The van der Waals surface area contributed by atoms with Gasteiger partial charge in [-0.2, -0.15) is 0 Å². The summed E-state index contributed by atoms with van der Waals surface area (Å²) in [5.41, 5.74) is 0.530. The Morgan fingerprint density at radius 2 is 1.96 bits per heavy atom. The zero-order valence-electron chi connectivity index (χ0n) is 14.0. The third-order valence-corrected chi connectivity index (χ3v) is 5.24. The van der Waals surface area contributed by atoms with Crippen molar-refractivity contribution < 1.29 is 9.53 Å². The molecule has 0 aromatic heterocycles. The molecule has 0 spiro atoms. The summed E-state index contributed by atoms with van der Waals surface area (Å²) < 4.78 is 5.56. The Balaban J connectivity index is 2.04. The number of likely N-dealkylation sites (tertiary alicyclic amines) is 1. The number of allylic oxidation sites excluding steroid dienone is 1. The van der Waals surface area contributed by atoms with Crippen LogP contribution in [0.4, 0.5) is 0 Å². The summed E-state index contributed by atoms with van der Waals surface area (Å²) in [5.74, 6) is -0.0638. The van der Waals surface area contributed by atoms with Crippen molar-refractivity contribution in [3.63, 3.8) is 0 Å². The van der Waals surface area contributed by atoms with Crippen molar-refractivity contribution in [3.8, 4) is 0 Å². The Hall–Kier alpha value is -1.61. The molecule has 1 heterocycles. The normalized spacial score (nSPS) is 28.5. The monoisotopic (exact) mass is 313 g/mol. The first-order valence-electron chi connectivity index (χ1n) is 8.92. The summed E-state index contributed by atoms with van der Waals surface area (Å²) in [4.78, 5) is 15.6. The van der Waals surface area contributed by atoms with Crippen LogP contribution in [0.2, 0.25) is 0 Å². The maximum absolute atomic E-state index is 13.1. The summed E-state index contributed by atoms with van der Waals surface area (Å²) in [5, 5.41) is 0. The second-order valence-corrected chi connectivity index (χ2v) is 6.57. The fourth-order valence-corrected chi connectivity index (χ4v) is 4.13. The Labute approximate surface area is 139 Å². The van der Waals surface area contributed by atoms with Crippen LogP contribution in [0.15, 0.2) is 42.5 Å². The predicted octanol–water partition coefficient (Wildman–Crippen LogP) is 3.69. The highest BCUT2D eigenvalue weighted by atomic mass is 16.5. The van der Waals surface area contributed by atoms with Crippen molar-refractivity contribution in [1.82, 2.24) is 4.90 Å². The van der Waals surface area contributed by atoms with Crippen LogP contribution in [0.25, 0.3) is 0 Å². The van der Waals surface area contributed by atoms with E-state index in [1.165, 1.54) is 19.3 Å². The number of nitrogens with zero attached hydrogens (tertiary/aromatic N) is 1.